The molecule has 2 aliphatic rings. The molecule has 3 rings (SSSR count). The Morgan fingerprint density at radius 1 is 1.42 bits per heavy atom. The molecule has 0 spiro atoms. The Kier molecular flexibility index (Phi) is 4.92. The molecular formula is C18H28N4O2. The number of carbonyl (C=O) groups is 1. The lowest BCUT2D eigenvalue weighted by atomic mass is 9.94. The van der Waals surface area contributed by atoms with Crippen molar-refractivity contribution in [3.05, 3.63) is 17.0 Å². The van der Waals surface area contributed by atoms with Crippen LogP contribution in [0.2, 0.25) is 0 Å². The van der Waals surface area contributed by atoms with Crippen molar-refractivity contribution in [2.24, 2.45) is 11.1 Å². The van der Waals surface area contributed by atoms with Gasteiger partial charge in [-0.2, -0.15) is 5.10 Å². The fourth-order valence-corrected chi connectivity index (χ4v) is 3.56. The molecule has 2 aliphatic heterocycles. The zero-order chi connectivity index (χ0) is 17.3. The highest BCUT2D eigenvalue weighted by molar-refractivity contribution is 5.93. The summed E-state index contributed by atoms with van der Waals surface area (Å²) in [5.74, 6) is 0.796. The van der Waals surface area contributed by atoms with Gasteiger partial charge in [0.15, 0.2) is 0 Å². The van der Waals surface area contributed by atoms with Crippen LogP contribution in [0.5, 0.6) is 0 Å². The Labute approximate surface area is 143 Å². The second kappa shape index (κ2) is 6.95. The zero-order valence-corrected chi connectivity index (χ0v) is 15.1. The van der Waals surface area contributed by atoms with E-state index in [2.05, 4.69) is 43.0 Å². The highest BCUT2D eigenvalue weighted by Crippen LogP contribution is 2.29. The van der Waals surface area contributed by atoms with Crippen molar-refractivity contribution in [2.45, 2.75) is 71.9 Å². The molecule has 1 amide bonds. The lowest BCUT2D eigenvalue weighted by molar-refractivity contribution is -0.143. The van der Waals surface area contributed by atoms with Crippen LogP contribution in [-0.4, -0.2) is 39.4 Å². The van der Waals surface area contributed by atoms with Gasteiger partial charge in [-0.05, 0) is 12.3 Å². The van der Waals surface area contributed by atoms with Crippen LogP contribution >= 0.6 is 0 Å². The number of rotatable bonds is 5. The number of oxime groups is 1. The third-order valence-electron chi connectivity index (χ3n) is 5.10. The maximum absolute atomic E-state index is 12.8. The van der Waals surface area contributed by atoms with Gasteiger partial charge in [0.1, 0.15) is 0 Å². The maximum atomic E-state index is 12.8. The zero-order valence-electron chi connectivity index (χ0n) is 15.1. The van der Waals surface area contributed by atoms with Crippen LogP contribution in [0.3, 0.4) is 0 Å². The number of nitrogens with zero attached hydrogens (tertiary/aromatic N) is 3. The van der Waals surface area contributed by atoms with Crippen LogP contribution in [0.1, 0.15) is 69.8 Å². The Hall–Kier alpha value is -1.85. The number of hydrogen-bond donors (Lipinski definition) is 1. The average molecular weight is 332 g/mol. The Morgan fingerprint density at radius 3 is 2.88 bits per heavy atom. The number of aromatic nitrogens is 2. The predicted molar refractivity (Wildman–Crippen MR) is 92.8 cm³/mol. The molecule has 132 valence electrons. The minimum atomic E-state index is -0.452. The van der Waals surface area contributed by atoms with Crippen LogP contribution < -0.4 is 0 Å². The fourth-order valence-electron chi connectivity index (χ4n) is 3.56. The first-order chi connectivity index (χ1) is 11.5. The van der Waals surface area contributed by atoms with Crippen molar-refractivity contribution in [2.75, 3.05) is 6.54 Å². The van der Waals surface area contributed by atoms with E-state index in [4.69, 9.17) is 4.84 Å². The van der Waals surface area contributed by atoms with E-state index in [0.29, 0.717) is 31.3 Å². The Bertz CT molecular complexity index is 635. The number of aromatic amines is 1. The number of nitrogens with one attached hydrogen (secondary N) is 1. The Morgan fingerprint density at radius 2 is 2.21 bits per heavy atom. The third-order valence-corrected chi connectivity index (χ3v) is 5.10. The Balaban J connectivity index is 1.69. The van der Waals surface area contributed by atoms with Crippen molar-refractivity contribution in [3.8, 4) is 0 Å². The molecule has 1 aromatic rings. The van der Waals surface area contributed by atoms with E-state index in [9.17, 15) is 4.79 Å². The molecule has 24 heavy (non-hydrogen) atoms. The molecule has 0 bridgehead atoms. The van der Waals surface area contributed by atoms with Gasteiger partial charge in [-0.3, -0.25) is 9.89 Å². The second-order valence-corrected chi connectivity index (χ2v) is 7.30. The van der Waals surface area contributed by atoms with Gasteiger partial charge in [-0.1, -0.05) is 39.3 Å². The lowest BCUT2D eigenvalue weighted by Crippen LogP contribution is -2.42. The van der Waals surface area contributed by atoms with Crippen LogP contribution in [-0.2, 0) is 22.6 Å². The molecule has 0 fully saturated rings. The standard InChI is InChI=1S/C18H28N4O2/c1-5-6-12(4)17-13-10-22(8-7-14(13)19-20-17)18(23)16-9-15(11(2)3)21-24-16/h11-12,16H,5-10H2,1-4H3,(H,19,20)/t12-,16+/m1/s1. The number of fused-ring (bicyclic) bond motifs is 1. The number of H-pyrrole nitrogens is 1. The minimum Gasteiger partial charge on any atom is -0.382 e. The molecule has 1 N–H and O–H groups in total. The topological polar surface area (TPSA) is 70.6 Å². The number of carbonyl (C=O) groups excluding carboxylic acids is 1. The van der Waals surface area contributed by atoms with E-state index in [1.165, 1.54) is 11.3 Å². The number of amides is 1. The summed E-state index contributed by atoms with van der Waals surface area (Å²) in [6, 6.07) is 0. The molecule has 2 atom stereocenters. The van der Waals surface area contributed by atoms with Crippen molar-refractivity contribution < 1.29 is 9.63 Å². The monoisotopic (exact) mass is 332 g/mol. The summed E-state index contributed by atoms with van der Waals surface area (Å²) < 4.78 is 0. The molecule has 0 saturated carbocycles. The van der Waals surface area contributed by atoms with Gasteiger partial charge in [0.2, 0.25) is 6.10 Å². The van der Waals surface area contributed by atoms with Crippen molar-refractivity contribution in [3.63, 3.8) is 0 Å². The highest BCUT2D eigenvalue weighted by Gasteiger charge is 2.35. The quantitative estimate of drug-likeness (QED) is 0.901. The lowest BCUT2D eigenvalue weighted by Gasteiger charge is -2.29. The van der Waals surface area contributed by atoms with E-state index in [1.807, 2.05) is 4.90 Å². The van der Waals surface area contributed by atoms with Gasteiger partial charge in [-0.15, -0.1) is 0 Å². The maximum Gasteiger partial charge on any atom is 0.267 e. The van der Waals surface area contributed by atoms with Gasteiger partial charge < -0.3 is 9.74 Å². The minimum absolute atomic E-state index is 0.0512. The molecule has 0 unspecified atom stereocenters. The normalized spacial score (nSPS) is 21.5. The first-order valence-corrected chi connectivity index (χ1v) is 9.08. The molecule has 3 heterocycles. The van der Waals surface area contributed by atoms with Crippen molar-refractivity contribution in [1.29, 1.82) is 0 Å². The van der Waals surface area contributed by atoms with Crippen LogP contribution in [0.15, 0.2) is 5.16 Å². The van der Waals surface area contributed by atoms with E-state index in [1.54, 1.807) is 0 Å². The smallest absolute Gasteiger partial charge is 0.267 e. The molecule has 1 aromatic heterocycles. The predicted octanol–water partition coefficient (Wildman–Crippen LogP) is 3.00. The molecular weight excluding hydrogens is 304 g/mol. The number of hydrogen-bond acceptors (Lipinski definition) is 4. The van der Waals surface area contributed by atoms with Crippen LogP contribution in [0, 0.1) is 5.92 Å². The van der Waals surface area contributed by atoms with Gasteiger partial charge in [0, 0.05) is 43.1 Å². The molecule has 0 radical (unpaired) electrons. The first-order valence-electron chi connectivity index (χ1n) is 9.08. The molecule has 6 heteroatoms. The summed E-state index contributed by atoms with van der Waals surface area (Å²) >= 11 is 0. The second-order valence-electron chi connectivity index (χ2n) is 7.30. The van der Waals surface area contributed by atoms with E-state index < -0.39 is 6.10 Å². The van der Waals surface area contributed by atoms with Gasteiger partial charge >= 0.3 is 0 Å². The summed E-state index contributed by atoms with van der Waals surface area (Å²) in [6.07, 6.45) is 3.24. The van der Waals surface area contributed by atoms with Crippen molar-refractivity contribution >= 4 is 11.6 Å². The average Bonchev–Trinajstić information content (AvgIpc) is 3.21. The summed E-state index contributed by atoms with van der Waals surface area (Å²) in [5, 5.41) is 11.8. The molecule has 0 saturated heterocycles. The largest absolute Gasteiger partial charge is 0.382 e. The summed E-state index contributed by atoms with van der Waals surface area (Å²) in [4.78, 5) is 20.1. The van der Waals surface area contributed by atoms with Crippen LogP contribution in [0.4, 0.5) is 0 Å². The van der Waals surface area contributed by atoms with Crippen LogP contribution in [0.25, 0.3) is 0 Å². The molecule has 6 nitrogen and oxygen atoms in total. The van der Waals surface area contributed by atoms with Gasteiger partial charge in [-0.25, -0.2) is 0 Å². The SMILES string of the molecule is CCC[C@@H](C)c1n[nH]c2c1CN(C(=O)[C@@H]1CC(C(C)C)=NO1)CC2. The van der Waals surface area contributed by atoms with E-state index in [-0.39, 0.29) is 5.91 Å². The first kappa shape index (κ1) is 17.0. The summed E-state index contributed by atoms with van der Waals surface area (Å²) in [7, 11) is 0. The fraction of sp³-hybridized carbons (Fsp3) is 0.722. The van der Waals surface area contributed by atoms with Gasteiger partial charge in [0.25, 0.3) is 5.91 Å². The van der Waals surface area contributed by atoms with E-state index in [0.717, 1.165) is 30.7 Å². The highest BCUT2D eigenvalue weighted by atomic mass is 16.6. The molecule has 0 aromatic carbocycles. The molecule has 0 aliphatic carbocycles. The van der Waals surface area contributed by atoms with Gasteiger partial charge in [0.05, 0.1) is 11.4 Å². The third kappa shape index (κ3) is 3.19. The van der Waals surface area contributed by atoms with E-state index >= 15 is 0 Å². The summed E-state index contributed by atoms with van der Waals surface area (Å²) in [6.45, 7) is 9.90. The van der Waals surface area contributed by atoms with Crippen molar-refractivity contribution in [1.82, 2.24) is 15.1 Å². The summed E-state index contributed by atoms with van der Waals surface area (Å²) in [5.41, 5.74) is 4.49.